The second-order valence-electron chi connectivity index (χ2n) is 5.00. The highest BCUT2D eigenvalue weighted by atomic mass is 16.5. The number of rotatable bonds is 4. The summed E-state index contributed by atoms with van der Waals surface area (Å²) in [5, 5.41) is 0. The average Bonchev–Trinajstić information content (AvgIpc) is 2.43. The molecule has 1 fully saturated rings. The number of esters is 1. The SMILES string of the molecule is COC(=O)Cc1ccc(OC2CCCCC2N)cc1. The van der Waals surface area contributed by atoms with Crippen molar-refractivity contribution >= 4 is 5.97 Å². The Morgan fingerprint density at radius 3 is 2.58 bits per heavy atom. The molecule has 2 N–H and O–H groups in total. The van der Waals surface area contributed by atoms with Crippen LogP contribution in [0.25, 0.3) is 0 Å². The van der Waals surface area contributed by atoms with Crippen LogP contribution < -0.4 is 10.5 Å². The fraction of sp³-hybridized carbons (Fsp3) is 0.533. The third-order valence-corrected chi connectivity index (χ3v) is 3.54. The maximum absolute atomic E-state index is 11.2. The topological polar surface area (TPSA) is 61.5 Å². The first kappa shape index (κ1) is 13.9. The highest BCUT2D eigenvalue weighted by Gasteiger charge is 2.23. The number of hydrogen-bond donors (Lipinski definition) is 1. The van der Waals surface area contributed by atoms with Crippen LogP contribution in [0.4, 0.5) is 0 Å². The Morgan fingerprint density at radius 2 is 1.95 bits per heavy atom. The Hall–Kier alpha value is -1.55. The molecule has 0 heterocycles. The number of carbonyl (C=O) groups is 1. The fourth-order valence-electron chi connectivity index (χ4n) is 2.37. The van der Waals surface area contributed by atoms with E-state index < -0.39 is 0 Å². The van der Waals surface area contributed by atoms with Gasteiger partial charge in [0.15, 0.2) is 0 Å². The molecule has 0 bridgehead atoms. The van der Waals surface area contributed by atoms with Crippen LogP contribution in [0.5, 0.6) is 5.75 Å². The minimum absolute atomic E-state index is 0.111. The summed E-state index contributed by atoms with van der Waals surface area (Å²) in [6.45, 7) is 0. The van der Waals surface area contributed by atoms with Crippen LogP contribution in [-0.2, 0) is 16.0 Å². The van der Waals surface area contributed by atoms with Crippen LogP contribution in [0, 0.1) is 0 Å². The van der Waals surface area contributed by atoms with Crippen LogP contribution in [0.2, 0.25) is 0 Å². The lowest BCUT2D eigenvalue weighted by atomic mass is 9.93. The molecule has 1 aromatic rings. The smallest absolute Gasteiger partial charge is 0.309 e. The summed E-state index contributed by atoms with van der Waals surface area (Å²) in [6, 6.07) is 7.68. The van der Waals surface area contributed by atoms with E-state index in [1.54, 1.807) is 0 Å². The monoisotopic (exact) mass is 263 g/mol. The van der Waals surface area contributed by atoms with Crippen molar-refractivity contribution in [3.63, 3.8) is 0 Å². The molecule has 2 unspecified atom stereocenters. The van der Waals surface area contributed by atoms with Crippen molar-refractivity contribution < 1.29 is 14.3 Å². The second kappa shape index (κ2) is 6.57. The van der Waals surface area contributed by atoms with Gasteiger partial charge < -0.3 is 15.2 Å². The number of methoxy groups -OCH3 is 1. The summed E-state index contributed by atoms with van der Waals surface area (Å²) >= 11 is 0. The minimum atomic E-state index is -0.233. The van der Waals surface area contributed by atoms with E-state index in [9.17, 15) is 4.79 Å². The highest BCUT2D eigenvalue weighted by molar-refractivity contribution is 5.72. The number of ether oxygens (including phenoxy) is 2. The van der Waals surface area contributed by atoms with E-state index in [2.05, 4.69) is 4.74 Å². The van der Waals surface area contributed by atoms with Gasteiger partial charge in [-0.1, -0.05) is 18.6 Å². The molecule has 0 spiro atoms. The molecule has 0 aliphatic heterocycles. The van der Waals surface area contributed by atoms with Gasteiger partial charge in [0.1, 0.15) is 11.9 Å². The van der Waals surface area contributed by atoms with E-state index in [1.165, 1.54) is 20.0 Å². The van der Waals surface area contributed by atoms with E-state index in [0.29, 0.717) is 6.42 Å². The van der Waals surface area contributed by atoms with Crippen LogP contribution in [0.15, 0.2) is 24.3 Å². The Balaban J connectivity index is 1.92. The molecule has 0 saturated heterocycles. The van der Waals surface area contributed by atoms with Crippen molar-refractivity contribution in [2.24, 2.45) is 5.73 Å². The Labute approximate surface area is 113 Å². The standard InChI is InChI=1S/C15H21NO3/c1-18-15(17)10-11-6-8-12(9-7-11)19-14-5-3-2-4-13(14)16/h6-9,13-14H,2-5,10,16H2,1H3. The van der Waals surface area contributed by atoms with Gasteiger partial charge in [-0.15, -0.1) is 0 Å². The summed E-state index contributed by atoms with van der Waals surface area (Å²) in [7, 11) is 1.39. The van der Waals surface area contributed by atoms with Crippen LogP contribution in [0.1, 0.15) is 31.2 Å². The zero-order valence-electron chi connectivity index (χ0n) is 11.3. The van der Waals surface area contributed by atoms with E-state index in [4.69, 9.17) is 10.5 Å². The number of nitrogens with two attached hydrogens (primary N) is 1. The minimum Gasteiger partial charge on any atom is -0.489 e. The number of carbonyl (C=O) groups excluding carboxylic acids is 1. The van der Waals surface area contributed by atoms with Crippen molar-refractivity contribution in [2.45, 2.75) is 44.2 Å². The lowest BCUT2D eigenvalue weighted by molar-refractivity contribution is -0.139. The molecular formula is C15H21NO3. The maximum atomic E-state index is 11.2. The third-order valence-electron chi connectivity index (χ3n) is 3.54. The van der Waals surface area contributed by atoms with Gasteiger partial charge in [-0.2, -0.15) is 0 Å². The van der Waals surface area contributed by atoms with Crippen LogP contribution >= 0.6 is 0 Å². The lowest BCUT2D eigenvalue weighted by Gasteiger charge is -2.29. The number of hydrogen-bond acceptors (Lipinski definition) is 4. The number of benzene rings is 1. The highest BCUT2D eigenvalue weighted by Crippen LogP contribution is 2.23. The summed E-state index contributed by atoms with van der Waals surface area (Å²) in [5.74, 6) is 0.582. The molecule has 0 radical (unpaired) electrons. The lowest BCUT2D eigenvalue weighted by Crippen LogP contribution is -2.41. The quantitative estimate of drug-likeness (QED) is 0.845. The molecule has 4 nitrogen and oxygen atoms in total. The van der Waals surface area contributed by atoms with Gasteiger partial charge in [0.25, 0.3) is 0 Å². The van der Waals surface area contributed by atoms with Gasteiger partial charge in [-0.25, -0.2) is 0 Å². The van der Waals surface area contributed by atoms with Gasteiger partial charge in [0, 0.05) is 6.04 Å². The van der Waals surface area contributed by atoms with Gasteiger partial charge in [0.05, 0.1) is 13.5 Å². The zero-order valence-corrected chi connectivity index (χ0v) is 11.3. The summed E-state index contributed by atoms with van der Waals surface area (Å²) in [5.41, 5.74) is 6.98. The Morgan fingerprint density at radius 1 is 1.26 bits per heavy atom. The largest absolute Gasteiger partial charge is 0.489 e. The predicted molar refractivity (Wildman–Crippen MR) is 73.0 cm³/mol. The van der Waals surface area contributed by atoms with Crippen LogP contribution in [-0.4, -0.2) is 25.2 Å². The van der Waals surface area contributed by atoms with E-state index in [0.717, 1.165) is 24.2 Å². The van der Waals surface area contributed by atoms with Crippen molar-refractivity contribution in [2.75, 3.05) is 7.11 Å². The van der Waals surface area contributed by atoms with Crippen molar-refractivity contribution in [3.05, 3.63) is 29.8 Å². The molecule has 0 aromatic heterocycles. The molecule has 19 heavy (non-hydrogen) atoms. The first-order valence-corrected chi connectivity index (χ1v) is 6.77. The summed E-state index contributed by atoms with van der Waals surface area (Å²) in [6.07, 6.45) is 4.83. The predicted octanol–water partition coefficient (Wildman–Crippen LogP) is 2.05. The first-order valence-electron chi connectivity index (χ1n) is 6.77. The van der Waals surface area contributed by atoms with Gasteiger partial charge in [-0.3, -0.25) is 4.79 Å². The zero-order chi connectivity index (χ0) is 13.7. The van der Waals surface area contributed by atoms with Gasteiger partial charge in [-0.05, 0) is 37.0 Å². The van der Waals surface area contributed by atoms with E-state index in [1.807, 2.05) is 24.3 Å². The second-order valence-corrected chi connectivity index (χ2v) is 5.00. The normalized spacial score (nSPS) is 22.8. The molecule has 1 aliphatic carbocycles. The van der Waals surface area contributed by atoms with Crippen molar-refractivity contribution in [3.8, 4) is 5.75 Å². The molecular weight excluding hydrogens is 242 g/mol. The summed E-state index contributed by atoms with van der Waals surface area (Å²) in [4.78, 5) is 11.2. The molecule has 4 heteroatoms. The van der Waals surface area contributed by atoms with Crippen LogP contribution in [0.3, 0.4) is 0 Å². The molecule has 2 rings (SSSR count). The summed E-state index contributed by atoms with van der Waals surface area (Å²) < 4.78 is 10.5. The van der Waals surface area contributed by atoms with Crippen molar-refractivity contribution in [1.29, 1.82) is 0 Å². The molecule has 104 valence electrons. The fourth-order valence-corrected chi connectivity index (χ4v) is 2.37. The third kappa shape index (κ3) is 3.96. The average molecular weight is 263 g/mol. The van der Waals surface area contributed by atoms with Gasteiger partial charge in [0.2, 0.25) is 0 Å². The molecule has 0 amide bonds. The van der Waals surface area contributed by atoms with E-state index in [-0.39, 0.29) is 18.1 Å². The molecule has 1 aliphatic rings. The molecule has 2 atom stereocenters. The Kier molecular flexibility index (Phi) is 4.80. The first-order chi connectivity index (χ1) is 9.19. The maximum Gasteiger partial charge on any atom is 0.309 e. The molecule has 1 saturated carbocycles. The Bertz CT molecular complexity index is 416. The van der Waals surface area contributed by atoms with Crippen molar-refractivity contribution in [1.82, 2.24) is 0 Å². The van der Waals surface area contributed by atoms with Gasteiger partial charge >= 0.3 is 5.97 Å². The molecule has 1 aromatic carbocycles. The van der Waals surface area contributed by atoms with E-state index >= 15 is 0 Å².